The first-order valence-electron chi connectivity index (χ1n) is 7.65. The Morgan fingerprint density at radius 2 is 1.84 bits per heavy atom. The summed E-state index contributed by atoms with van der Waals surface area (Å²) in [6.07, 6.45) is 16.4. The number of hydrogen-bond acceptors (Lipinski definition) is 2. The molecule has 0 aliphatic carbocycles. The van der Waals surface area contributed by atoms with Gasteiger partial charge in [0.2, 0.25) is 0 Å². The number of ether oxygens (including phenoxy) is 1. The summed E-state index contributed by atoms with van der Waals surface area (Å²) >= 11 is 0. The van der Waals surface area contributed by atoms with E-state index < -0.39 is 0 Å². The van der Waals surface area contributed by atoms with Crippen LogP contribution in [0.1, 0.15) is 71.6 Å². The lowest BCUT2D eigenvalue weighted by Crippen LogP contribution is -2.16. The Hall–Kier alpha value is -1.05. The first-order valence-corrected chi connectivity index (χ1v) is 7.65. The van der Waals surface area contributed by atoms with Crippen LogP contribution in [0.15, 0.2) is 24.8 Å². The fourth-order valence-corrected chi connectivity index (χ4v) is 2.12. The number of allylic oxidation sites excluding steroid dienone is 3. The quantitative estimate of drug-likeness (QED) is 0.276. The topological polar surface area (TPSA) is 26.3 Å². The number of unbranched alkanes of at least 4 members (excludes halogenated alkanes) is 5. The molecule has 110 valence electrons. The second-order valence-corrected chi connectivity index (χ2v) is 5.03. The molecule has 0 aromatic rings. The standard InChI is InChI=1S/C17H30O2/c1-4-6-8-9-10-11-13-15-17(19-16(3)18)14-12-7-5-2/h4,6,8,17H,1,5,7,9-15H2,2-3H3. The van der Waals surface area contributed by atoms with Crippen molar-refractivity contribution in [1.82, 2.24) is 0 Å². The molecule has 0 spiro atoms. The van der Waals surface area contributed by atoms with Gasteiger partial charge in [-0.2, -0.15) is 0 Å². The van der Waals surface area contributed by atoms with E-state index in [0.717, 1.165) is 32.1 Å². The van der Waals surface area contributed by atoms with Gasteiger partial charge >= 0.3 is 5.97 Å². The van der Waals surface area contributed by atoms with Gasteiger partial charge in [-0.05, 0) is 38.5 Å². The molecule has 0 fully saturated rings. The van der Waals surface area contributed by atoms with E-state index in [4.69, 9.17) is 4.74 Å². The molecule has 0 amide bonds. The van der Waals surface area contributed by atoms with Crippen LogP contribution >= 0.6 is 0 Å². The minimum atomic E-state index is -0.143. The molecule has 2 nitrogen and oxygen atoms in total. The molecule has 0 aromatic carbocycles. The van der Waals surface area contributed by atoms with Crippen molar-refractivity contribution in [2.45, 2.75) is 77.7 Å². The Balaban J connectivity index is 3.69. The van der Waals surface area contributed by atoms with E-state index in [9.17, 15) is 4.79 Å². The highest BCUT2D eigenvalue weighted by atomic mass is 16.5. The second-order valence-electron chi connectivity index (χ2n) is 5.03. The molecule has 0 rings (SSSR count). The van der Waals surface area contributed by atoms with Crippen molar-refractivity contribution in [3.05, 3.63) is 24.8 Å². The van der Waals surface area contributed by atoms with Crippen LogP contribution < -0.4 is 0 Å². The molecule has 0 heterocycles. The fourth-order valence-electron chi connectivity index (χ4n) is 2.12. The van der Waals surface area contributed by atoms with Crippen molar-refractivity contribution >= 4 is 5.97 Å². The van der Waals surface area contributed by atoms with E-state index in [1.165, 1.54) is 32.6 Å². The lowest BCUT2D eigenvalue weighted by molar-refractivity contribution is -0.147. The van der Waals surface area contributed by atoms with Crippen molar-refractivity contribution in [1.29, 1.82) is 0 Å². The predicted molar refractivity (Wildman–Crippen MR) is 82.1 cm³/mol. The van der Waals surface area contributed by atoms with Gasteiger partial charge in [0, 0.05) is 6.92 Å². The van der Waals surface area contributed by atoms with Gasteiger partial charge in [0.05, 0.1) is 0 Å². The van der Waals surface area contributed by atoms with E-state index in [-0.39, 0.29) is 12.1 Å². The lowest BCUT2D eigenvalue weighted by atomic mass is 10.0. The molecule has 1 atom stereocenters. The summed E-state index contributed by atoms with van der Waals surface area (Å²) in [4.78, 5) is 11.1. The zero-order valence-electron chi connectivity index (χ0n) is 12.7. The van der Waals surface area contributed by atoms with Gasteiger partial charge in [-0.15, -0.1) is 0 Å². The van der Waals surface area contributed by atoms with E-state index >= 15 is 0 Å². The fraction of sp³-hybridized carbons (Fsp3) is 0.706. The molecule has 0 saturated carbocycles. The zero-order chi connectivity index (χ0) is 14.3. The summed E-state index contributed by atoms with van der Waals surface area (Å²) < 4.78 is 5.38. The summed E-state index contributed by atoms with van der Waals surface area (Å²) in [6, 6.07) is 0. The summed E-state index contributed by atoms with van der Waals surface area (Å²) in [7, 11) is 0. The molecule has 0 saturated heterocycles. The SMILES string of the molecule is C=CC=CCCCCCC(CCCCC)OC(C)=O. The third kappa shape index (κ3) is 13.2. The molecule has 2 heteroatoms. The molecule has 0 radical (unpaired) electrons. The van der Waals surface area contributed by atoms with Gasteiger partial charge in [-0.1, -0.05) is 51.0 Å². The maximum absolute atomic E-state index is 11.1. The molecular weight excluding hydrogens is 236 g/mol. The summed E-state index contributed by atoms with van der Waals surface area (Å²) in [5, 5.41) is 0. The molecular formula is C17H30O2. The van der Waals surface area contributed by atoms with Gasteiger partial charge in [0.25, 0.3) is 0 Å². The average Bonchev–Trinajstić information content (AvgIpc) is 2.37. The normalized spacial score (nSPS) is 12.5. The van der Waals surface area contributed by atoms with Crippen LogP contribution in [0.4, 0.5) is 0 Å². The number of esters is 1. The smallest absolute Gasteiger partial charge is 0.302 e. The van der Waals surface area contributed by atoms with Crippen molar-refractivity contribution in [2.24, 2.45) is 0 Å². The highest BCUT2D eigenvalue weighted by molar-refractivity contribution is 5.66. The first-order chi connectivity index (χ1) is 9.20. The lowest BCUT2D eigenvalue weighted by Gasteiger charge is -2.16. The van der Waals surface area contributed by atoms with Gasteiger partial charge in [0.15, 0.2) is 0 Å². The van der Waals surface area contributed by atoms with Crippen LogP contribution in [0.2, 0.25) is 0 Å². The predicted octanol–water partition coefficient (Wildman–Crippen LogP) is 5.19. The van der Waals surface area contributed by atoms with E-state index in [1.54, 1.807) is 0 Å². The first kappa shape index (κ1) is 17.9. The average molecular weight is 266 g/mol. The zero-order valence-corrected chi connectivity index (χ0v) is 12.7. The van der Waals surface area contributed by atoms with E-state index in [1.807, 2.05) is 12.2 Å². The highest BCUT2D eigenvalue weighted by Crippen LogP contribution is 2.15. The van der Waals surface area contributed by atoms with Crippen molar-refractivity contribution in [3.8, 4) is 0 Å². The van der Waals surface area contributed by atoms with Crippen molar-refractivity contribution in [3.63, 3.8) is 0 Å². The second kappa shape index (κ2) is 13.4. The third-order valence-electron chi connectivity index (χ3n) is 3.13. The van der Waals surface area contributed by atoms with Crippen molar-refractivity contribution in [2.75, 3.05) is 0 Å². The number of carbonyl (C=O) groups is 1. The van der Waals surface area contributed by atoms with Gasteiger partial charge in [-0.25, -0.2) is 0 Å². The van der Waals surface area contributed by atoms with Gasteiger partial charge in [0.1, 0.15) is 6.10 Å². The largest absolute Gasteiger partial charge is 0.463 e. The van der Waals surface area contributed by atoms with Crippen LogP contribution in [0.25, 0.3) is 0 Å². The Bertz CT molecular complexity index is 256. The molecule has 0 aromatic heterocycles. The monoisotopic (exact) mass is 266 g/mol. The van der Waals surface area contributed by atoms with E-state index in [2.05, 4.69) is 19.6 Å². The molecule has 0 aliphatic heterocycles. The Kier molecular flexibility index (Phi) is 12.6. The minimum absolute atomic E-state index is 0.132. The Morgan fingerprint density at radius 1 is 1.16 bits per heavy atom. The highest BCUT2D eigenvalue weighted by Gasteiger charge is 2.10. The summed E-state index contributed by atoms with van der Waals surface area (Å²) in [5.41, 5.74) is 0. The number of hydrogen-bond donors (Lipinski definition) is 0. The molecule has 0 bridgehead atoms. The van der Waals surface area contributed by atoms with Crippen LogP contribution in [-0.2, 0) is 9.53 Å². The maximum atomic E-state index is 11.1. The third-order valence-corrected chi connectivity index (χ3v) is 3.13. The minimum Gasteiger partial charge on any atom is -0.463 e. The number of rotatable bonds is 12. The van der Waals surface area contributed by atoms with Crippen LogP contribution in [0.3, 0.4) is 0 Å². The van der Waals surface area contributed by atoms with Gasteiger partial charge < -0.3 is 4.74 Å². The Morgan fingerprint density at radius 3 is 2.42 bits per heavy atom. The van der Waals surface area contributed by atoms with Gasteiger partial charge in [-0.3, -0.25) is 4.79 Å². The van der Waals surface area contributed by atoms with Crippen LogP contribution in [0.5, 0.6) is 0 Å². The van der Waals surface area contributed by atoms with E-state index in [0.29, 0.717) is 0 Å². The molecule has 1 unspecified atom stereocenters. The molecule has 0 N–H and O–H groups in total. The number of carbonyl (C=O) groups excluding carboxylic acids is 1. The van der Waals surface area contributed by atoms with Crippen LogP contribution in [0, 0.1) is 0 Å². The van der Waals surface area contributed by atoms with Crippen LogP contribution in [-0.4, -0.2) is 12.1 Å². The molecule has 19 heavy (non-hydrogen) atoms. The van der Waals surface area contributed by atoms with Crippen molar-refractivity contribution < 1.29 is 9.53 Å². The maximum Gasteiger partial charge on any atom is 0.302 e. The Labute approximate surface area is 118 Å². The summed E-state index contributed by atoms with van der Waals surface area (Å²) in [5.74, 6) is -0.143. The summed E-state index contributed by atoms with van der Waals surface area (Å²) in [6.45, 7) is 7.34. The molecule has 0 aliphatic rings.